The van der Waals surface area contributed by atoms with Gasteiger partial charge in [0.1, 0.15) is 19.3 Å². The van der Waals surface area contributed by atoms with E-state index in [0.29, 0.717) is 6.42 Å². The van der Waals surface area contributed by atoms with Crippen LogP contribution >= 0.6 is 0 Å². The Morgan fingerprint density at radius 1 is 0.711 bits per heavy atom. The molecule has 216 valence electrons. The number of carbonyl (C=O) groups is 5. The van der Waals surface area contributed by atoms with Crippen molar-refractivity contribution in [1.29, 1.82) is 0 Å². The van der Waals surface area contributed by atoms with Crippen molar-refractivity contribution in [2.24, 2.45) is 11.8 Å². The van der Waals surface area contributed by atoms with E-state index in [9.17, 15) is 24.0 Å². The smallest absolute Gasteiger partial charge is 0.303 e. The molecule has 13 heteroatoms. The maximum atomic E-state index is 12.1. The van der Waals surface area contributed by atoms with Crippen LogP contribution in [-0.4, -0.2) is 85.7 Å². The molecule has 0 radical (unpaired) electrons. The number of esters is 5. The third kappa shape index (κ3) is 7.87. The van der Waals surface area contributed by atoms with Gasteiger partial charge in [0.25, 0.3) is 0 Å². The fourth-order valence-electron chi connectivity index (χ4n) is 4.56. The van der Waals surface area contributed by atoms with Crippen molar-refractivity contribution >= 4 is 29.8 Å². The lowest BCUT2D eigenvalue weighted by Crippen LogP contribution is -2.60. The minimum absolute atomic E-state index is 0.105. The molecule has 0 saturated carbocycles. The lowest BCUT2D eigenvalue weighted by atomic mass is 9.83. The molecule has 0 bridgehead atoms. The van der Waals surface area contributed by atoms with E-state index in [4.69, 9.17) is 37.9 Å². The summed E-state index contributed by atoms with van der Waals surface area (Å²) < 4.78 is 45.5. The summed E-state index contributed by atoms with van der Waals surface area (Å²) in [6.45, 7) is 10.7. The van der Waals surface area contributed by atoms with Gasteiger partial charge >= 0.3 is 29.8 Å². The average molecular weight is 547 g/mol. The summed E-state index contributed by atoms with van der Waals surface area (Å²) in [6, 6.07) is 0. The molecule has 0 N–H and O–H groups in total. The van der Waals surface area contributed by atoms with Gasteiger partial charge in [-0.05, 0) is 12.3 Å². The topological polar surface area (TPSA) is 159 Å². The predicted molar refractivity (Wildman–Crippen MR) is 126 cm³/mol. The molecule has 9 atom stereocenters. The monoisotopic (exact) mass is 546 g/mol. The van der Waals surface area contributed by atoms with Crippen LogP contribution in [0.5, 0.6) is 0 Å². The van der Waals surface area contributed by atoms with Crippen LogP contribution in [0.15, 0.2) is 0 Å². The van der Waals surface area contributed by atoms with Crippen LogP contribution in [-0.2, 0) is 61.9 Å². The van der Waals surface area contributed by atoms with Crippen molar-refractivity contribution < 1.29 is 61.9 Å². The first-order valence-electron chi connectivity index (χ1n) is 12.5. The van der Waals surface area contributed by atoms with E-state index in [-0.39, 0.29) is 18.4 Å². The van der Waals surface area contributed by atoms with E-state index in [1.54, 1.807) is 6.92 Å². The highest BCUT2D eigenvalue weighted by molar-refractivity contribution is 5.68. The van der Waals surface area contributed by atoms with Crippen LogP contribution in [0.1, 0.15) is 61.8 Å². The fourth-order valence-corrected chi connectivity index (χ4v) is 4.56. The molecule has 2 fully saturated rings. The van der Waals surface area contributed by atoms with Crippen LogP contribution in [0.25, 0.3) is 0 Å². The molecule has 2 saturated heterocycles. The van der Waals surface area contributed by atoms with Crippen molar-refractivity contribution in [2.75, 3.05) is 13.2 Å². The zero-order valence-electron chi connectivity index (χ0n) is 23.0. The minimum atomic E-state index is -2.01. The van der Waals surface area contributed by atoms with Crippen LogP contribution in [0.3, 0.4) is 0 Å². The number of hydrogen-bond acceptors (Lipinski definition) is 13. The fraction of sp³-hybridized carbons (Fsp3) is 0.800. The summed E-state index contributed by atoms with van der Waals surface area (Å²) in [5.74, 6) is -5.80. The molecule has 0 aromatic carbocycles. The normalized spacial score (nSPS) is 34.6. The Kier molecular flexibility index (Phi) is 11.0. The Morgan fingerprint density at radius 3 is 1.76 bits per heavy atom. The second-order valence-electron chi connectivity index (χ2n) is 9.52. The minimum Gasteiger partial charge on any atom is -0.463 e. The molecular formula is C25H38O13. The first-order chi connectivity index (χ1) is 17.7. The SMILES string of the molecule is CC[C@H]1O[C@@](COC(C)=O)(OC2OC(COC(C)=O)[C@@H](C)[C@H](C)[C@@H]2OC(C)=O)[C@H](OC(C)=O)C1OC(C)=O. The molecule has 0 aromatic heterocycles. The summed E-state index contributed by atoms with van der Waals surface area (Å²) in [5.41, 5.74) is 0. The van der Waals surface area contributed by atoms with Gasteiger partial charge in [-0.1, -0.05) is 20.8 Å². The van der Waals surface area contributed by atoms with Gasteiger partial charge < -0.3 is 37.9 Å². The predicted octanol–water partition coefficient (Wildman–Crippen LogP) is 1.43. The van der Waals surface area contributed by atoms with E-state index in [2.05, 4.69) is 0 Å². The summed E-state index contributed by atoms with van der Waals surface area (Å²) in [4.78, 5) is 59.3. The second kappa shape index (κ2) is 13.3. The lowest BCUT2D eigenvalue weighted by Gasteiger charge is -2.46. The highest BCUT2D eigenvalue weighted by Gasteiger charge is 2.63. The first-order valence-corrected chi connectivity index (χ1v) is 12.5. The third-order valence-electron chi connectivity index (χ3n) is 6.50. The highest BCUT2D eigenvalue weighted by Crippen LogP contribution is 2.42. The number of rotatable bonds is 10. The zero-order chi connectivity index (χ0) is 28.8. The molecule has 2 heterocycles. The summed E-state index contributed by atoms with van der Waals surface area (Å²) in [6.07, 6.45) is -5.98. The molecule has 13 nitrogen and oxygen atoms in total. The quantitative estimate of drug-likeness (QED) is 0.286. The maximum absolute atomic E-state index is 12.1. The van der Waals surface area contributed by atoms with Crippen molar-refractivity contribution in [2.45, 2.75) is 104 Å². The van der Waals surface area contributed by atoms with Crippen LogP contribution < -0.4 is 0 Å². The Morgan fingerprint density at radius 2 is 1.26 bits per heavy atom. The van der Waals surface area contributed by atoms with Gasteiger partial charge in [-0.2, -0.15) is 0 Å². The molecule has 38 heavy (non-hydrogen) atoms. The van der Waals surface area contributed by atoms with E-state index in [0.717, 1.165) is 6.92 Å². The van der Waals surface area contributed by atoms with Crippen molar-refractivity contribution in [3.8, 4) is 0 Å². The van der Waals surface area contributed by atoms with Crippen molar-refractivity contribution in [1.82, 2.24) is 0 Å². The van der Waals surface area contributed by atoms with Crippen molar-refractivity contribution in [3.63, 3.8) is 0 Å². The number of hydrogen-bond donors (Lipinski definition) is 0. The average Bonchev–Trinajstić information content (AvgIpc) is 3.07. The van der Waals surface area contributed by atoms with Crippen LogP contribution in [0.2, 0.25) is 0 Å². The van der Waals surface area contributed by atoms with Crippen molar-refractivity contribution in [3.05, 3.63) is 0 Å². The van der Waals surface area contributed by atoms with E-state index in [1.807, 2.05) is 13.8 Å². The second-order valence-corrected chi connectivity index (χ2v) is 9.52. The molecular weight excluding hydrogens is 508 g/mol. The molecule has 2 rings (SSSR count). The molecule has 2 aliphatic heterocycles. The Bertz CT molecular complexity index is 886. The van der Waals surface area contributed by atoms with Gasteiger partial charge in [-0.3, -0.25) is 24.0 Å². The standard InChI is InChI=1S/C25H38O13/c1-9-19-22(34-17(7)29)23(35-18(8)30)25(37-19,11-32-15(5)27)38-24-21(33-16(6)28)13(3)12(2)20(36-24)10-31-14(4)26/h12-13,19-24H,9-11H2,1-8H3/t12-,13-,19+,20?,21-,22?,23+,24?,25-/m0/s1. The summed E-state index contributed by atoms with van der Waals surface area (Å²) in [7, 11) is 0. The summed E-state index contributed by atoms with van der Waals surface area (Å²) in [5, 5.41) is 0. The Hall–Kier alpha value is -2.77. The number of carbonyl (C=O) groups excluding carboxylic acids is 5. The zero-order valence-corrected chi connectivity index (χ0v) is 23.0. The Labute approximate surface area is 221 Å². The molecule has 0 aliphatic carbocycles. The van der Waals surface area contributed by atoms with Crippen LogP contribution in [0, 0.1) is 11.8 Å². The number of ether oxygens (including phenoxy) is 8. The summed E-state index contributed by atoms with van der Waals surface area (Å²) >= 11 is 0. The van der Waals surface area contributed by atoms with Gasteiger partial charge in [0.05, 0.1) is 6.10 Å². The van der Waals surface area contributed by atoms with E-state index < -0.39 is 79.1 Å². The molecule has 0 amide bonds. The van der Waals surface area contributed by atoms with E-state index in [1.165, 1.54) is 27.7 Å². The molecule has 2 aliphatic rings. The largest absolute Gasteiger partial charge is 0.463 e. The highest BCUT2D eigenvalue weighted by atomic mass is 16.8. The third-order valence-corrected chi connectivity index (χ3v) is 6.50. The molecule has 0 aromatic rings. The van der Waals surface area contributed by atoms with Gasteiger partial charge in [0, 0.05) is 40.5 Å². The molecule has 0 spiro atoms. The Balaban J connectivity index is 2.56. The molecule has 3 unspecified atom stereocenters. The van der Waals surface area contributed by atoms with Gasteiger partial charge in [0.2, 0.25) is 5.79 Å². The van der Waals surface area contributed by atoms with Gasteiger partial charge in [-0.25, -0.2) is 0 Å². The van der Waals surface area contributed by atoms with E-state index >= 15 is 0 Å². The lowest BCUT2D eigenvalue weighted by molar-refractivity contribution is -0.375. The van der Waals surface area contributed by atoms with Crippen LogP contribution in [0.4, 0.5) is 0 Å². The maximum Gasteiger partial charge on any atom is 0.303 e. The van der Waals surface area contributed by atoms with Gasteiger partial charge in [-0.15, -0.1) is 0 Å². The van der Waals surface area contributed by atoms with Gasteiger partial charge in [0.15, 0.2) is 24.6 Å². The first kappa shape index (κ1) is 31.4.